The van der Waals surface area contributed by atoms with Crippen LogP contribution in [0.15, 0.2) is 42.5 Å². The number of anilines is 1. The van der Waals surface area contributed by atoms with Gasteiger partial charge >= 0.3 is 0 Å². The first-order valence-electron chi connectivity index (χ1n) is 9.85. The number of benzene rings is 2. The molecule has 2 amide bonds. The minimum atomic E-state index is -0.351. The fourth-order valence-corrected chi connectivity index (χ4v) is 3.41. The largest absolute Gasteiger partial charge is 0.490 e. The van der Waals surface area contributed by atoms with Crippen molar-refractivity contribution >= 4 is 29.1 Å². The van der Waals surface area contributed by atoms with Gasteiger partial charge in [-0.2, -0.15) is 0 Å². The Balaban J connectivity index is 1.55. The fraction of sp³-hybridized carbons (Fsp3) is 0.364. The van der Waals surface area contributed by atoms with Crippen molar-refractivity contribution < 1.29 is 18.7 Å². The van der Waals surface area contributed by atoms with Gasteiger partial charge in [0.2, 0.25) is 5.91 Å². The summed E-state index contributed by atoms with van der Waals surface area (Å²) in [4.78, 5) is 29.0. The van der Waals surface area contributed by atoms with E-state index in [1.807, 2.05) is 18.7 Å². The van der Waals surface area contributed by atoms with Crippen molar-refractivity contribution in [3.63, 3.8) is 0 Å². The molecule has 160 valence electrons. The second kappa shape index (κ2) is 9.91. The first-order valence-corrected chi connectivity index (χ1v) is 10.2. The smallest absolute Gasteiger partial charge is 0.257 e. The average Bonchev–Trinajstić information content (AvgIpc) is 2.71. The summed E-state index contributed by atoms with van der Waals surface area (Å²) in [5.74, 6) is -0.150. The number of nitrogens with one attached hydrogen (secondary N) is 1. The zero-order valence-corrected chi connectivity index (χ0v) is 17.8. The number of rotatable bonds is 6. The standard InChI is InChI=1S/C22H25ClFN3O3/c1-15(2)30-20-8-3-16(23)13-19(20)22(29)27-11-9-26(10-12-27)14-21(28)25-18-6-4-17(24)5-7-18/h3-8,13,15H,9-12,14H2,1-2H3,(H,25,28). The third kappa shape index (κ3) is 5.93. The molecule has 1 fully saturated rings. The van der Waals surface area contributed by atoms with Gasteiger partial charge in [-0.05, 0) is 56.3 Å². The molecule has 1 saturated heterocycles. The molecule has 1 heterocycles. The van der Waals surface area contributed by atoms with Crippen LogP contribution in [0.2, 0.25) is 5.02 Å². The van der Waals surface area contributed by atoms with Gasteiger partial charge in [-0.1, -0.05) is 11.6 Å². The molecule has 3 rings (SSSR count). The molecule has 1 N–H and O–H groups in total. The summed E-state index contributed by atoms with van der Waals surface area (Å²) >= 11 is 6.09. The molecule has 6 nitrogen and oxygen atoms in total. The lowest BCUT2D eigenvalue weighted by Crippen LogP contribution is -2.50. The minimum Gasteiger partial charge on any atom is -0.490 e. The normalized spacial score (nSPS) is 14.6. The van der Waals surface area contributed by atoms with Crippen LogP contribution in [0.1, 0.15) is 24.2 Å². The van der Waals surface area contributed by atoms with Crippen molar-refractivity contribution in [2.45, 2.75) is 20.0 Å². The number of carbonyl (C=O) groups is 2. The van der Waals surface area contributed by atoms with Gasteiger partial charge in [0, 0.05) is 36.9 Å². The molecule has 0 aromatic heterocycles. The summed E-state index contributed by atoms with van der Waals surface area (Å²) in [5, 5.41) is 3.23. The van der Waals surface area contributed by atoms with Crippen LogP contribution in [0, 0.1) is 5.82 Å². The van der Waals surface area contributed by atoms with E-state index in [-0.39, 0.29) is 30.3 Å². The number of hydrogen-bond acceptors (Lipinski definition) is 4. The predicted octanol–water partition coefficient (Wildman–Crippen LogP) is 3.66. The minimum absolute atomic E-state index is 0.0609. The monoisotopic (exact) mass is 433 g/mol. The number of hydrogen-bond donors (Lipinski definition) is 1. The molecule has 2 aromatic rings. The second-order valence-corrected chi connectivity index (χ2v) is 7.87. The Labute approximate surface area is 180 Å². The third-order valence-corrected chi connectivity index (χ3v) is 4.92. The number of amides is 2. The molecular formula is C22H25ClFN3O3. The summed E-state index contributed by atoms with van der Waals surface area (Å²) in [5.41, 5.74) is 0.993. The van der Waals surface area contributed by atoms with Crippen molar-refractivity contribution in [3.05, 3.63) is 58.9 Å². The van der Waals surface area contributed by atoms with Gasteiger partial charge in [0.1, 0.15) is 11.6 Å². The average molecular weight is 434 g/mol. The number of halogens is 2. The molecule has 1 aliphatic heterocycles. The van der Waals surface area contributed by atoms with Gasteiger partial charge in [0.05, 0.1) is 18.2 Å². The molecule has 0 spiro atoms. The molecule has 30 heavy (non-hydrogen) atoms. The highest BCUT2D eigenvalue weighted by Crippen LogP contribution is 2.26. The van der Waals surface area contributed by atoms with Crippen molar-refractivity contribution in [3.8, 4) is 5.75 Å². The third-order valence-electron chi connectivity index (χ3n) is 4.69. The number of piperazine rings is 1. The Morgan fingerprint density at radius 2 is 1.77 bits per heavy atom. The van der Waals surface area contributed by atoms with E-state index in [0.717, 1.165) is 0 Å². The number of ether oxygens (including phenoxy) is 1. The Morgan fingerprint density at radius 1 is 1.10 bits per heavy atom. The van der Waals surface area contributed by atoms with Crippen LogP contribution >= 0.6 is 11.6 Å². The van der Waals surface area contributed by atoms with Gasteiger partial charge in [0.15, 0.2) is 0 Å². The lowest BCUT2D eigenvalue weighted by molar-refractivity contribution is -0.117. The van der Waals surface area contributed by atoms with Gasteiger partial charge in [-0.3, -0.25) is 14.5 Å². The highest BCUT2D eigenvalue weighted by molar-refractivity contribution is 6.31. The lowest BCUT2D eigenvalue weighted by atomic mass is 10.1. The molecule has 0 radical (unpaired) electrons. The maximum Gasteiger partial charge on any atom is 0.257 e. The Morgan fingerprint density at radius 3 is 2.40 bits per heavy atom. The Kier molecular flexibility index (Phi) is 7.29. The molecule has 0 aliphatic carbocycles. The number of nitrogens with zero attached hydrogens (tertiary/aromatic N) is 2. The molecule has 1 aliphatic rings. The molecule has 0 atom stereocenters. The maximum atomic E-state index is 13.0. The van der Waals surface area contributed by atoms with Crippen molar-refractivity contribution in [2.75, 3.05) is 38.0 Å². The summed E-state index contributed by atoms with van der Waals surface area (Å²) in [6, 6.07) is 10.7. The zero-order chi connectivity index (χ0) is 21.7. The van der Waals surface area contributed by atoms with E-state index in [4.69, 9.17) is 16.3 Å². The van der Waals surface area contributed by atoms with E-state index < -0.39 is 0 Å². The van der Waals surface area contributed by atoms with Crippen LogP contribution in [-0.2, 0) is 4.79 Å². The van der Waals surface area contributed by atoms with Crippen molar-refractivity contribution in [1.29, 1.82) is 0 Å². The van der Waals surface area contributed by atoms with Crippen LogP contribution < -0.4 is 10.1 Å². The first kappa shape index (κ1) is 22.1. The molecule has 0 bridgehead atoms. The highest BCUT2D eigenvalue weighted by Gasteiger charge is 2.25. The van der Waals surface area contributed by atoms with Gasteiger partial charge in [0.25, 0.3) is 5.91 Å². The van der Waals surface area contributed by atoms with E-state index in [1.165, 1.54) is 24.3 Å². The zero-order valence-electron chi connectivity index (χ0n) is 17.0. The molecule has 8 heteroatoms. The fourth-order valence-electron chi connectivity index (χ4n) is 3.24. The van der Waals surface area contributed by atoms with E-state index >= 15 is 0 Å². The van der Waals surface area contributed by atoms with Crippen LogP contribution in [0.25, 0.3) is 0 Å². The number of carbonyl (C=O) groups excluding carboxylic acids is 2. The van der Waals surface area contributed by atoms with Gasteiger partial charge in [-0.15, -0.1) is 0 Å². The van der Waals surface area contributed by atoms with E-state index in [0.29, 0.717) is 48.2 Å². The van der Waals surface area contributed by atoms with E-state index in [2.05, 4.69) is 5.32 Å². The molecular weight excluding hydrogens is 409 g/mol. The predicted molar refractivity (Wildman–Crippen MR) is 115 cm³/mol. The van der Waals surface area contributed by atoms with Crippen LogP contribution in [0.4, 0.5) is 10.1 Å². The van der Waals surface area contributed by atoms with Crippen LogP contribution in [-0.4, -0.2) is 60.4 Å². The van der Waals surface area contributed by atoms with Gasteiger partial charge < -0.3 is 15.0 Å². The topological polar surface area (TPSA) is 61.9 Å². The maximum absolute atomic E-state index is 13.0. The van der Waals surface area contributed by atoms with Crippen molar-refractivity contribution in [1.82, 2.24) is 9.80 Å². The van der Waals surface area contributed by atoms with Gasteiger partial charge in [-0.25, -0.2) is 4.39 Å². The summed E-state index contributed by atoms with van der Waals surface area (Å²) < 4.78 is 18.7. The van der Waals surface area contributed by atoms with E-state index in [1.54, 1.807) is 23.1 Å². The van der Waals surface area contributed by atoms with Crippen LogP contribution in [0.5, 0.6) is 5.75 Å². The van der Waals surface area contributed by atoms with Crippen molar-refractivity contribution in [2.24, 2.45) is 0 Å². The van der Waals surface area contributed by atoms with E-state index in [9.17, 15) is 14.0 Å². The lowest BCUT2D eigenvalue weighted by Gasteiger charge is -2.34. The summed E-state index contributed by atoms with van der Waals surface area (Å²) in [6.07, 6.45) is -0.0609. The van der Waals surface area contributed by atoms with Crippen LogP contribution in [0.3, 0.4) is 0 Å². The second-order valence-electron chi connectivity index (χ2n) is 7.43. The molecule has 2 aromatic carbocycles. The quantitative estimate of drug-likeness (QED) is 0.755. The Bertz CT molecular complexity index is 897. The summed E-state index contributed by atoms with van der Waals surface area (Å²) in [6.45, 7) is 6.15. The molecule has 0 unspecified atom stereocenters. The Hall–Kier alpha value is -2.64. The molecule has 0 saturated carbocycles. The highest BCUT2D eigenvalue weighted by atomic mass is 35.5. The SMILES string of the molecule is CC(C)Oc1ccc(Cl)cc1C(=O)N1CCN(CC(=O)Nc2ccc(F)cc2)CC1. The summed E-state index contributed by atoms with van der Waals surface area (Å²) in [7, 11) is 0. The first-order chi connectivity index (χ1) is 14.3.